The molecule has 0 radical (unpaired) electrons. The van der Waals surface area contributed by atoms with Gasteiger partial charge in [-0.05, 0) is 18.9 Å². The summed E-state index contributed by atoms with van der Waals surface area (Å²) in [6.07, 6.45) is 0.374. The van der Waals surface area contributed by atoms with Crippen LogP contribution in [-0.4, -0.2) is 31.7 Å². The summed E-state index contributed by atoms with van der Waals surface area (Å²) in [6.45, 7) is 2.14. The number of carbonyl (C=O) groups excluding carboxylic acids is 1. The third-order valence-electron chi connectivity index (χ3n) is 2.99. The molecule has 0 aliphatic rings. The van der Waals surface area contributed by atoms with Gasteiger partial charge < -0.3 is 5.32 Å². The first-order chi connectivity index (χ1) is 10.9. The molecule has 0 spiro atoms. The van der Waals surface area contributed by atoms with Crippen molar-refractivity contribution in [2.75, 3.05) is 17.6 Å². The molecule has 0 fully saturated rings. The summed E-state index contributed by atoms with van der Waals surface area (Å²) in [7, 11) is -3.17. The topological polar surface area (TPSA) is 88.2 Å². The highest BCUT2D eigenvalue weighted by molar-refractivity contribution is 7.90. The highest BCUT2D eigenvalue weighted by Crippen LogP contribution is 2.13. The number of hydrogen-bond donors (Lipinski definition) is 2. The summed E-state index contributed by atoms with van der Waals surface area (Å²) in [5, 5.41) is 7.60. The van der Waals surface area contributed by atoms with Gasteiger partial charge in [-0.2, -0.15) is 0 Å². The highest BCUT2D eigenvalue weighted by Gasteiger charge is 2.12. The molecule has 0 aliphatic heterocycles. The lowest BCUT2D eigenvalue weighted by molar-refractivity contribution is 0.252. The van der Waals surface area contributed by atoms with E-state index in [0.29, 0.717) is 18.1 Å². The van der Waals surface area contributed by atoms with E-state index < -0.39 is 9.84 Å². The van der Waals surface area contributed by atoms with Crippen molar-refractivity contribution in [1.29, 1.82) is 0 Å². The molecule has 124 valence electrons. The average Bonchev–Trinajstić information content (AvgIpc) is 2.89. The molecule has 0 saturated heterocycles. The molecule has 0 atom stereocenters. The first kappa shape index (κ1) is 17.4. The molecule has 2 amide bonds. The number of benzene rings is 1. The predicted molar refractivity (Wildman–Crippen MR) is 92.4 cm³/mol. The normalized spacial score (nSPS) is 11.2. The Labute approximate surface area is 139 Å². The van der Waals surface area contributed by atoms with Crippen molar-refractivity contribution < 1.29 is 13.2 Å². The molecule has 0 saturated carbocycles. The van der Waals surface area contributed by atoms with Gasteiger partial charge in [0.1, 0.15) is 0 Å². The van der Waals surface area contributed by atoms with Crippen molar-refractivity contribution in [2.24, 2.45) is 0 Å². The van der Waals surface area contributed by atoms with Gasteiger partial charge in [0.05, 0.1) is 17.2 Å². The molecule has 0 aliphatic carbocycles. The molecule has 8 heteroatoms. The number of aromatic nitrogens is 1. The van der Waals surface area contributed by atoms with Crippen molar-refractivity contribution in [2.45, 2.75) is 19.1 Å². The zero-order chi connectivity index (χ0) is 16.7. The van der Waals surface area contributed by atoms with E-state index in [1.54, 1.807) is 12.1 Å². The average molecular weight is 353 g/mol. The Hall–Kier alpha value is -1.93. The summed E-state index contributed by atoms with van der Waals surface area (Å²) in [5.74, 6) is 0.0664. The largest absolute Gasteiger partial charge is 0.338 e. The lowest BCUT2D eigenvalue weighted by Crippen LogP contribution is -2.30. The van der Waals surface area contributed by atoms with Crippen LogP contribution in [0.1, 0.15) is 17.7 Å². The summed E-state index contributed by atoms with van der Waals surface area (Å²) < 4.78 is 24.0. The first-order valence-electron chi connectivity index (χ1n) is 7.16. The van der Waals surface area contributed by atoms with Crippen LogP contribution in [0.15, 0.2) is 35.7 Å². The van der Waals surface area contributed by atoms with Crippen molar-refractivity contribution in [1.82, 2.24) is 10.3 Å². The lowest BCUT2D eigenvalue weighted by Gasteiger charge is -2.06. The van der Waals surface area contributed by atoms with Crippen LogP contribution in [0.5, 0.6) is 0 Å². The molecule has 23 heavy (non-hydrogen) atoms. The van der Waals surface area contributed by atoms with Gasteiger partial charge in [-0.15, -0.1) is 11.3 Å². The van der Waals surface area contributed by atoms with E-state index in [9.17, 15) is 13.2 Å². The number of aryl methyl sites for hydroxylation is 1. The first-order valence-corrected chi connectivity index (χ1v) is 9.86. The van der Waals surface area contributed by atoms with E-state index in [1.807, 2.05) is 30.5 Å². The predicted octanol–water partition coefficient (Wildman–Crippen LogP) is 2.58. The molecule has 0 unspecified atom stereocenters. The number of amides is 2. The number of sulfone groups is 1. The second kappa shape index (κ2) is 8.07. The van der Waals surface area contributed by atoms with E-state index in [0.717, 1.165) is 11.3 Å². The van der Waals surface area contributed by atoms with Gasteiger partial charge in [0.25, 0.3) is 0 Å². The van der Waals surface area contributed by atoms with Gasteiger partial charge in [0, 0.05) is 11.9 Å². The minimum Gasteiger partial charge on any atom is -0.338 e. The second-order valence-electron chi connectivity index (χ2n) is 5.11. The van der Waals surface area contributed by atoms with E-state index in [-0.39, 0.29) is 17.5 Å². The summed E-state index contributed by atoms with van der Waals surface area (Å²) in [6, 6.07) is 8.69. The van der Waals surface area contributed by atoms with E-state index in [2.05, 4.69) is 15.6 Å². The monoisotopic (exact) mass is 353 g/mol. The van der Waals surface area contributed by atoms with Crippen LogP contribution >= 0.6 is 11.3 Å². The maximum absolute atomic E-state index is 12.0. The van der Waals surface area contributed by atoms with Crippen molar-refractivity contribution in [3.63, 3.8) is 0 Å². The van der Waals surface area contributed by atoms with E-state index in [4.69, 9.17) is 0 Å². The Morgan fingerprint density at radius 1 is 1.26 bits per heavy atom. The number of rotatable bonds is 7. The van der Waals surface area contributed by atoms with Crippen LogP contribution in [0.4, 0.5) is 9.93 Å². The summed E-state index contributed by atoms with van der Waals surface area (Å²) in [5.41, 5.74) is 1.62. The number of nitrogens with one attached hydrogen (secondary N) is 2. The standard InChI is InChI=1S/C15H19N3O3S2/c1-12-10-22-15(17-12)18-14(19)16-8-5-9-23(20,21)11-13-6-3-2-4-7-13/h2-4,6-7,10H,5,8-9,11H2,1H3,(H2,16,17,18,19). The zero-order valence-corrected chi connectivity index (χ0v) is 14.4. The quantitative estimate of drug-likeness (QED) is 0.749. The summed E-state index contributed by atoms with van der Waals surface area (Å²) in [4.78, 5) is 15.7. The van der Waals surface area contributed by atoms with Crippen LogP contribution in [0.25, 0.3) is 0 Å². The van der Waals surface area contributed by atoms with Crippen molar-refractivity contribution >= 4 is 32.3 Å². The molecule has 1 aromatic carbocycles. The van der Waals surface area contributed by atoms with Gasteiger partial charge in [0.2, 0.25) is 0 Å². The summed E-state index contributed by atoms with van der Waals surface area (Å²) >= 11 is 1.34. The van der Waals surface area contributed by atoms with Gasteiger partial charge in [-0.25, -0.2) is 18.2 Å². The SMILES string of the molecule is Cc1csc(NC(=O)NCCCS(=O)(=O)Cc2ccccc2)n1. The molecule has 2 N–H and O–H groups in total. The molecular formula is C15H19N3O3S2. The lowest BCUT2D eigenvalue weighted by atomic mass is 10.2. The number of urea groups is 1. The van der Waals surface area contributed by atoms with Crippen LogP contribution < -0.4 is 10.6 Å². The fourth-order valence-electron chi connectivity index (χ4n) is 1.95. The number of nitrogens with zero attached hydrogens (tertiary/aromatic N) is 1. The van der Waals surface area contributed by atoms with Crippen molar-refractivity contribution in [3.8, 4) is 0 Å². The fraction of sp³-hybridized carbons (Fsp3) is 0.333. The van der Waals surface area contributed by atoms with E-state index >= 15 is 0 Å². The molecule has 1 heterocycles. The Morgan fingerprint density at radius 3 is 2.65 bits per heavy atom. The molecule has 1 aromatic heterocycles. The van der Waals surface area contributed by atoms with Gasteiger partial charge in [-0.1, -0.05) is 30.3 Å². The second-order valence-corrected chi connectivity index (χ2v) is 8.15. The van der Waals surface area contributed by atoms with E-state index in [1.165, 1.54) is 11.3 Å². The third kappa shape index (κ3) is 6.37. The minimum atomic E-state index is -3.17. The van der Waals surface area contributed by atoms with Crippen LogP contribution in [0.3, 0.4) is 0 Å². The Kier molecular flexibility index (Phi) is 6.12. The smallest absolute Gasteiger partial charge is 0.321 e. The number of carbonyl (C=O) groups is 1. The van der Waals surface area contributed by atoms with Crippen molar-refractivity contribution in [3.05, 3.63) is 47.0 Å². The minimum absolute atomic E-state index is 0.0262. The fourth-order valence-corrected chi connectivity index (χ4v) is 4.06. The molecule has 2 aromatic rings. The van der Waals surface area contributed by atoms with Crippen LogP contribution in [0, 0.1) is 6.92 Å². The van der Waals surface area contributed by atoms with Gasteiger partial charge in [0.15, 0.2) is 15.0 Å². The Balaban J connectivity index is 1.69. The number of hydrogen-bond acceptors (Lipinski definition) is 5. The van der Waals surface area contributed by atoms with Gasteiger partial charge in [-0.3, -0.25) is 5.32 Å². The maximum Gasteiger partial charge on any atom is 0.321 e. The van der Waals surface area contributed by atoms with Crippen LogP contribution in [0.2, 0.25) is 0 Å². The number of thiazole rings is 1. The Bertz CT molecular complexity index is 742. The van der Waals surface area contributed by atoms with Crippen LogP contribution in [-0.2, 0) is 15.6 Å². The molecular weight excluding hydrogens is 334 g/mol. The molecule has 0 bridgehead atoms. The zero-order valence-electron chi connectivity index (χ0n) is 12.8. The maximum atomic E-state index is 12.0. The van der Waals surface area contributed by atoms with Gasteiger partial charge >= 0.3 is 6.03 Å². The molecule has 6 nitrogen and oxygen atoms in total. The molecule has 2 rings (SSSR count). The third-order valence-corrected chi connectivity index (χ3v) is 5.55. The Morgan fingerprint density at radius 2 is 2.00 bits per heavy atom. The number of anilines is 1. The highest BCUT2D eigenvalue weighted by atomic mass is 32.2.